The molecule has 0 fully saturated rings. The van der Waals surface area contributed by atoms with Crippen molar-refractivity contribution < 1.29 is 16.0 Å². The third-order valence-electron chi connectivity index (χ3n) is 3.55. The molecule has 0 radical (unpaired) electrons. The molecule has 0 N–H and O–H groups in total. The molecule has 0 aliphatic carbocycles. The van der Waals surface area contributed by atoms with Crippen LogP contribution in [0.2, 0.25) is 10.0 Å². The van der Waals surface area contributed by atoms with Gasteiger partial charge in [0.1, 0.15) is 0 Å². The maximum absolute atomic E-state index is 2.38. The van der Waals surface area contributed by atoms with E-state index in [1.807, 2.05) is 0 Å². The summed E-state index contributed by atoms with van der Waals surface area (Å²) in [7, 11) is 0. The van der Waals surface area contributed by atoms with E-state index in [4.69, 9.17) is 0 Å². The van der Waals surface area contributed by atoms with Crippen molar-refractivity contribution in [2.45, 2.75) is 44.6 Å². The summed E-state index contributed by atoms with van der Waals surface area (Å²) in [6, 6.07) is 4.72. The molecule has 0 aliphatic rings. The SMILES string of the molecule is C[CH2][Zn]([CH2]C)[c]1c(C)cc(C)cc1C. The van der Waals surface area contributed by atoms with Gasteiger partial charge in [-0.2, -0.15) is 0 Å². The van der Waals surface area contributed by atoms with Gasteiger partial charge in [0, 0.05) is 0 Å². The van der Waals surface area contributed by atoms with Crippen molar-refractivity contribution >= 4 is 4.16 Å². The maximum atomic E-state index is 2.38. The van der Waals surface area contributed by atoms with E-state index in [1.165, 1.54) is 15.6 Å². The molecule has 0 bridgehead atoms. The fraction of sp³-hybridized carbons (Fsp3) is 0.538. The number of hydrogen-bond acceptors (Lipinski definition) is 0. The first kappa shape index (κ1) is 11.9. The fourth-order valence-corrected chi connectivity index (χ4v) is 10.2. The van der Waals surface area contributed by atoms with Crippen LogP contribution in [-0.2, 0) is 16.0 Å². The first-order chi connectivity index (χ1) is 6.60. The molecular weight excluding hydrogens is 222 g/mol. The zero-order valence-electron chi connectivity index (χ0n) is 10.3. The third kappa shape index (κ3) is 2.45. The molecule has 0 saturated heterocycles. The van der Waals surface area contributed by atoms with Crippen LogP contribution in [0.5, 0.6) is 0 Å². The van der Waals surface area contributed by atoms with Gasteiger partial charge in [0.25, 0.3) is 0 Å². The van der Waals surface area contributed by atoms with Crippen LogP contribution >= 0.6 is 0 Å². The molecule has 0 aliphatic heterocycles. The van der Waals surface area contributed by atoms with E-state index in [9.17, 15) is 0 Å². The summed E-state index contributed by atoms with van der Waals surface area (Å²) in [4.78, 5) is 0. The van der Waals surface area contributed by atoms with Crippen molar-refractivity contribution in [3.05, 3.63) is 28.8 Å². The zero-order valence-corrected chi connectivity index (χ0v) is 13.2. The molecule has 0 unspecified atom stereocenters. The van der Waals surface area contributed by atoms with Crippen molar-refractivity contribution in [2.75, 3.05) is 0 Å². The second kappa shape index (κ2) is 5.07. The van der Waals surface area contributed by atoms with Crippen LogP contribution in [0, 0.1) is 20.8 Å². The summed E-state index contributed by atoms with van der Waals surface area (Å²) in [6.45, 7) is 11.5. The van der Waals surface area contributed by atoms with Gasteiger partial charge in [0.05, 0.1) is 0 Å². The zero-order chi connectivity index (χ0) is 10.7. The van der Waals surface area contributed by atoms with E-state index < -0.39 is 16.0 Å². The Morgan fingerprint density at radius 2 is 1.36 bits per heavy atom. The summed E-state index contributed by atoms with van der Waals surface area (Å²) < 4.78 is 1.79. The van der Waals surface area contributed by atoms with Gasteiger partial charge in [-0.3, -0.25) is 0 Å². The Balaban J connectivity index is 3.19. The average Bonchev–Trinajstić information content (AvgIpc) is 2.10. The quantitative estimate of drug-likeness (QED) is 0.709. The van der Waals surface area contributed by atoms with Gasteiger partial charge in [-0.25, -0.2) is 0 Å². The topological polar surface area (TPSA) is 0 Å². The van der Waals surface area contributed by atoms with Crippen LogP contribution in [0.15, 0.2) is 12.1 Å². The van der Waals surface area contributed by atoms with Gasteiger partial charge < -0.3 is 0 Å². The van der Waals surface area contributed by atoms with Crippen molar-refractivity contribution in [3.8, 4) is 0 Å². The van der Waals surface area contributed by atoms with E-state index in [2.05, 4.69) is 46.8 Å². The Morgan fingerprint density at radius 1 is 0.929 bits per heavy atom. The molecule has 1 heteroatoms. The summed E-state index contributed by atoms with van der Waals surface area (Å²) in [5, 5.41) is 2.92. The van der Waals surface area contributed by atoms with Gasteiger partial charge in [-0.1, -0.05) is 0 Å². The van der Waals surface area contributed by atoms with Crippen molar-refractivity contribution in [3.63, 3.8) is 0 Å². The number of benzene rings is 1. The van der Waals surface area contributed by atoms with Gasteiger partial charge >= 0.3 is 93.6 Å². The summed E-state index contributed by atoms with van der Waals surface area (Å²) in [6.07, 6.45) is 0. The minimum absolute atomic E-state index is 1.35. The molecule has 0 spiro atoms. The molecular formula is C13H21Zn. The first-order valence-electron chi connectivity index (χ1n) is 5.92. The van der Waals surface area contributed by atoms with Gasteiger partial charge in [-0.05, 0) is 0 Å². The second-order valence-corrected chi connectivity index (χ2v) is 14.0. The second-order valence-electron chi connectivity index (χ2n) is 4.73. The molecule has 0 heterocycles. The Kier molecular flexibility index (Phi) is 4.32. The van der Waals surface area contributed by atoms with Crippen LogP contribution < -0.4 is 4.16 Å². The summed E-state index contributed by atoms with van der Waals surface area (Å²) >= 11 is -1.35. The van der Waals surface area contributed by atoms with Crippen LogP contribution in [0.3, 0.4) is 0 Å². The Bertz CT molecular complexity index is 288. The van der Waals surface area contributed by atoms with Gasteiger partial charge in [0.2, 0.25) is 0 Å². The predicted molar refractivity (Wildman–Crippen MR) is 61.2 cm³/mol. The van der Waals surface area contributed by atoms with Crippen molar-refractivity contribution in [2.24, 2.45) is 0 Å². The van der Waals surface area contributed by atoms with E-state index in [0.29, 0.717) is 0 Å². The normalized spacial score (nSPS) is 10.4. The number of rotatable bonds is 3. The van der Waals surface area contributed by atoms with Crippen LogP contribution in [0.4, 0.5) is 0 Å². The van der Waals surface area contributed by atoms with E-state index in [0.717, 1.165) is 0 Å². The minimum atomic E-state index is -1.35. The third-order valence-corrected chi connectivity index (χ3v) is 13.1. The van der Waals surface area contributed by atoms with Crippen LogP contribution in [0.1, 0.15) is 30.5 Å². The molecule has 14 heavy (non-hydrogen) atoms. The van der Waals surface area contributed by atoms with E-state index >= 15 is 0 Å². The molecule has 0 atom stereocenters. The Labute approximate surface area is 93.6 Å². The number of aryl methyl sites for hydroxylation is 3. The molecule has 0 nitrogen and oxygen atoms in total. The molecule has 1 aromatic carbocycles. The van der Waals surface area contributed by atoms with Gasteiger partial charge in [-0.15, -0.1) is 0 Å². The molecule has 75 valence electrons. The first-order valence-corrected chi connectivity index (χ1v) is 11.6. The molecule has 1 rings (SSSR count). The fourth-order valence-electron chi connectivity index (χ4n) is 2.85. The molecule has 0 saturated carbocycles. The monoisotopic (exact) mass is 241 g/mol. The summed E-state index contributed by atoms with van der Waals surface area (Å²) in [5.41, 5.74) is 4.54. The number of hydrogen-bond donors (Lipinski definition) is 0. The Morgan fingerprint density at radius 3 is 1.71 bits per heavy atom. The molecule has 0 aromatic heterocycles. The van der Waals surface area contributed by atoms with Crippen LogP contribution in [0.25, 0.3) is 0 Å². The average molecular weight is 243 g/mol. The van der Waals surface area contributed by atoms with Crippen molar-refractivity contribution in [1.82, 2.24) is 0 Å². The standard InChI is InChI=1S/C9H11.2C2H5.Zn/c1-7-4-8(2)6-9(3)5-7;2*1-2;/h4-5H,1-3H3;2*1H2,2H3;. The van der Waals surface area contributed by atoms with Gasteiger partial charge in [0.15, 0.2) is 0 Å². The Hall–Kier alpha value is -0.157. The van der Waals surface area contributed by atoms with E-state index in [1.54, 1.807) is 15.3 Å². The predicted octanol–water partition coefficient (Wildman–Crippen LogP) is 3.73. The molecule has 0 amide bonds. The molecule has 1 aromatic rings. The van der Waals surface area contributed by atoms with Crippen molar-refractivity contribution in [1.29, 1.82) is 0 Å². The summed E-state index contributed by atoms with van der Waals surface area (Å²) in [5.74, 6) is 0. The van der Waals surface area contributed by atoms with Crippen LogP contribution in [-0.4, -0.2) is 0 Å². The van der Waals surface area contributed by atoms with E-state index in [-0.39, 0.29) is 0 Å².